The molecule has 2 aromatic rings. The van der Waals surface area contributed by atoms with Crippen molar-refractivity contribution in [2.75, 3.05) is 59.0 Å². The maximum absolute atomic E-state index is 11.8. The zero-order valence-corrected chi connectivity index (χ0v) is 26.7. The molecule has 1 saturated heterocycles. The predicted molar refractivity (Wildman–Crippen MR) is 174 cm³/mol. The Bertz CT molecular complexity index is 1010. The highest BCUT2D eigenvalue weighted by molar-refractivity contribution is 6.67. The number of ether oxygens (including phenoxy) is 1. The van der Waals surface area contributed by atoms with E-state index >= 15 is 0 Å². The second-order valence-corrected chi connectivity index (χ2v) is 10.3. The van der Waals surface area contributed by atoms with Gasteiger partial charge in [0.05, 0.1) is 0 Å². The summed E-state index contributed by atoms with van der Waals surface area (Å²) in [5.41, 5.74) is 1.16. The monoisotopic (exact) mass is 623 g/mol. The lowest BCUT2D eigenvalue weighted by Crippen LogP contribution is -2.28. The largest absolute Gasteiger partial charge is 0.381 e. The first kappa shape index (κ1) is 36.8. The molecule has 5 rings (SSSR count). The number of nitrogens with zero attached hydrogens (tertiary/aromatic N) is 2. The number of benzene rings is 2. The van der Waals surface area contributed by atoms with Gasteiger partial charge < -0.3 is 19.9 Å². The van der Waals surface area contributed by atoms with Crippen LogP contribution in [0.4, 0.5) is 0 Å². The number of amides is 1. The van der Waals surface area contributed by atoms with Crippen molar-refractivity contribution >= 4 is 46.0 Å². The number of nitrogens with one attached hydrogen (secondary N) is 1. The highest BCUT2D eigenvalue weighted by atomic mass is 35.5. The maximum Gasteiger partial charge on any atom is 0.254 e. The molecule has 0 saturated carbocycles. The van der Waals surface area contributed by atoms with E-state index in [1.807, 2.05) is 12.2 Å². The van der Waals surface area contributed by atoms with Crippen LogP contribution in [-0.2, 0) is 4.74 Å². The molecule has 0 spiro atoms. The minimum Gasteiger partial charge on any atom is -0.381 e. The second kappa shape index (κ2) is 23.4. The van der Waals surface area contributed by atoms with Crippen LogP contribution in [0.15, 0.2) is 72.8 Å². The third kappa shape index (κ3) is 17.4. The molecule has 41 heavy (non-hydrogen) atoms. The fourth-order valence-corrected chi connectivity index (χ4v) is 3.98. The van der Waals surface area contributed by atoms with Gasteiger partial charge in [-0.25, -0.2) is 0 Å². The van der Waals surface area contributed by atoms with E-state index in [0.717, 1.165) is 26.3 Å². The summed E-state index contributed by atoms with van der Waals surface area (Å²) in [6.07, 6.45) is 10.8. The average molecular weight is 625 g/mol. The molecular formula is C32H44Cl3N3O3. The number of hydrogen-bond donors (Lipinski definition) is 1. The van der Waals surface area contributed by atoms with Crippen LogP contribution in [0, 0.1) is 0 Å². The van der Waals surface area contributed by atoms with E-state index < -0.39 is 5.24 Å². The Morgan fingerprint density at radius 3 is 1.49 bits per heavy atom. The summed E-state index contributed by atoms with van der Waals surface area (Å²) in [6, 6.07) is 13.4. The SMILES string of the molecule is C1=CCNC1.C1CCOC1.CCN(CC)CC.O=C(Cl)c1ccc(Cl)cc1.O=C(c1ccc(Cl)cc1)N1CC=CC1. The molecule has 0 atom stereocenters. The molecule has 0 unspecified atom stereocenters. The Labute approximate surface area is 261 Å². The molecule has 226 valence electrons. The Balaban J connectivity index is 0.000000273. The van der Waals surface area contributed by atoms with E-state index in [1.165, 1.54) is 32.5 Å². The van der Waals surface area contributed by atoms with Crippen molar-refractivity contribution < 1.29 is 14.3 Å². The van der Waals surface area contributed by atoms with Crippen molar-refractivity contribution in [2.45, 2.75) is 33.6 Å². The number of carbonyl (C=O) groups excluding carboxylic acids is 2. The summed E-state index contributed by atoms with van der Waals surface area (Å²) in [5, 5.41) is 3.90. The summed E-state index contributed by atoms with van der Waals surface area (Å²) in [4.78, 5) is 26.4. The summed E-state index contributed by atoms with van der Waals surface area (Å²) < 4.78 is 4.94. The maximum atomic E-state index is 11.8. The van der Waals surface area contributed by atoms with Gasteiger partial charge >= 0.3 is 0 Å². The van der Waals surface area contributed by atoms with Gasteiger partial charge in [0.2, 0.25) is 0 Å². The molecule has 3 aliphatic heterocycles. The first-order valence-electron chi connectivity index (χ1n) is 14.1. The highest BCUT2D eigenvalue weighted by Crippen LogP contribution is 2.13. The van der Waals surface area contributed by atoms with Gasteiger partial charge in [0, 0.05) is 60.6 Å². The summed E-state index contributed by atoms with van der Waals surface area (Å²) in [5.74, 6) is 0.0617. The number of halogens is 3. The zero-order chi connectivity index (χ0) is 30.3. The summed E-state index contributed by atoms with van der Waals surface area (Å²) >= 11 is 16.5. The predicted octanol–water partition coefficient (Wildman–Crippen LogP) is 7.36. The van der Waals surface area contributed by atoms with Gasteiger partial charge in [0.15, 0.2) is 0 Å². The minimum absolute atomic E-state index is 0.0617. The molecule has 0 bridgehead atoms. The third-order valence-corrected chi connectivity index (χ3v) is 6.85. The van der Waals surface area contributed by atoms with Gasteiger partial charge in [-0.2, -0.15) is 0 Å². The van der Waals surface area contributed by atoms with Gasteiger partial charge in [-0.3, -0.25) is 9.59 Å². The van der Waals surface area contributed by atoms with Crippen LogP contribution in [0.3, 0.4) is 0 Å². The summed E-state index contributed by atoms with van der Waals surface area (Å²) in [7, 11) is 0. The smallest absolute Gasteiger partial charge is 0.254 e. The molecular weight excluding hydrogens is 581 g/mol. The Morgan fingerprint density at radius 2 is 1.20 bits per heavy atom. The molecule has 2 aromatic carbocycles. The normalized spacial score (nSPS) is 14.6. The van der Waals surface area contributed by atoms with Crippen LogP contribution in [0.25, 0.3) is 0 Å². The first-order chi connectivity index (χ1) is 19.8. The molecule has 6 nitrogen and oxygen atoms in total. The van der Waals surface area contributed by atoms with Crippen LogP contribution in [-0.4, -0.2) is 80.0 Å². The molecule has 0 aliphatic carbocycles. The van der Waals surface area contributed by atoms with Gasteiger partial charge in [-0.15, -0.1) is 0 Å². The zero-order valence-electron chi connectivity index (χ0n) is 24.5. The van der Waals surface area contributed by atoms with E-state index in [-0.39, 0.29) is 5.91 Å². The second-order valence-electron chi connectivity index (χ2n) is 9.04. The van der Waals surface area contributed by atoms with Crippen molar-refractivity contribution in [2.24, 2.45) is 0 Å². The highest BCUT2D eigenvalue weighted by Gasteiger charge is 2.15. The molecule has 1 amide bonds. The summed E-state index contributed by atoms with van der Waals surface area (Å²) in [6.45, 7) is 15.7. The topological polar surface area (TPSA) is 61.9 Å². The average Bonchev–Trinajstić information content (AvgIpc) is 3.82. The van der Waals surface area contributed by atoms with Gasteiger partial charge in [0.1, 0.15) is 0 Å². The first-order valence-corrected chi connectivity index (χ1v) is 15.3. The van der Waals surface area contributed by atoms with E-state index in [2.05, 4.69) is 43.1 Å². The van der Waals surface area contributed by atoms with E-state index in [4.69, 9.17) is 39.5 Å². The quantitative estimate of drug-likeness (QED) is 0.278. The van der Waals surface area contributed by atoms with Gasteiger partial charge in [-0.05, 0) is 92.6 Å². The molecule has 3 aliphatic rings. The molecule has 1 fully saturated rings. The van der Waals surface area contributed by atoms with Crippen molar-refractivity contribution in [3.8, 4) is 0 Å². The lowest BCUT2D eigenvalue weighted by molar-refractivity contribution is 0.0800. The van der Waals surface area contributed by atoms with Crippen molar-refractivity contribution in [3.05, 3.63) is 94.0 Å². The number of carbonyl (C=O) groups is 2. The standard InChI is InChI=1S/C11H10ClNO.C7H4Cl2O.C6H15N.C4H7N.C4H8O/c12-10-5-3-9(4-6-10)11(14)13-7-1-2-8-13;8-6-3-1-5(2-4-6)7(9)10;1-4-7(5-2)6-3;2*1-2-4-5-3-1/h1-6H,7-8H2;1-4H;4-6H2,1-3H3;1-2,5H,3-4H2;1-4H2. The van der Waals surface area contributed by atoms with Crippen LogP contribution < -0.4 is 5.32 Å². The van der Waals surface area contributed by atoms with Crippen LogP contribution >= 0.6 is 34.8 Å². The van der Waals surface area contributed by atoms with Gasteiger partial charge in [0.25, 0.3) is 11.1 Å². The lowest BCUT2D eigenvalue weighted by Gasteiger charge is -2.14. The van der Waals surface area contributed by atoms with E-state index in [1.54, 1.807) is 53.4 Å². The minimum atomic E-state index is -0.461. The molecule has 0 aromatic heterocycles. The molecule has 1 N–H and O–H groups in total. The van der Waals surface area contributed by atoms with Crippen LogP contribution in [0.5, 0.6) is 0 Å². The number of rotatable bonds is 5. The van der Waals surface area contributed by atoms with Crippen LogP contribution in [0.1, 0.15) is 54.3 Å². The molecule has 0 radical (unpaired) electrons. The van der Waals surface area contributed by atoms with E-state index in [0.29, 0.717) is 34.3 Å². The van der Waals surface area contributed by atoms with Crippen molar-refractivity contribution in [1.29, 1.82) is 0 Å². The van der Waals surface area contributed by atoms with Crippen molar-refractivity contribution in [3.63, 3.8) is 0 Å². The fraction of sp³-hybridized carbons (Fsp3) is 0.438. The number of hydrogen-bond acceptors (Lipinski definition) is 5. The van der Waals surface area contributed by atoms with Crippen LogP contribution in [0.2, 0.25) is 10.0 Å². The fourth-order valence-electron chi connectivity index (χ4n) is 3.60. The van der Waals surface area contributed by atoms with E-state index in [9.17, 15) is 9.59 Å². The molecule has 3 heterocycles. The lowest BCUT2D eigenvalue weighted by atomic mass is 10.2. The third-order valence-electron chi connectivity index (χ3n) is 6.13. The Hall–Kier alpha value is -2.19. The van der Waals surface area contributed by atoms with Gasteiger partial charge in [-0.1, -0.05) is 68.3 Å². The Morgan fingerprint density at radius 1 is 0.756 bits per heavy atom. The van der Waals surface area contributed by atoms with Crippen molar-refractivity contribution in [1.82, 2.24) is 15.1 Å². The molecule has 9 heteroatoms. The Kier molecular flexibility index (Phi) is 21.0.